The van der Waals surface area contributed by atoms with Crippen molar-refractivity contribution in [2.24, 2.45) is 0 Å². The van der Waals surface area contributed by atoms with E-state index in [-0.39, 0.29) is 27.7 Å². The summed E-state index contributed by atoms with van der Waals surface area (Å²) in [6.45, 7) is -0.484. The summed E-state index contributed by atoms with van der Waals surface area (Å²) in [4.78, 5) is -0.103. The number of sulfone groups is 1. The fourth-order valence-electron chi connectivity index (χ4n) is 4.34. The largest absolute Gasteiger partial charge is 0.440 e. The molecule has 3 aromatic carbocycles. The quantitative estimate of drug-likeness (QED) is 0.265. The van der Waals surface area contributed by atoms with Crippen molar-refractivity contribution in [3.05, 3.63) is 91.0 Å². The molecule has 0 aliphatic carbocycles. The summed E-state index contributed by atoms with van der Waals surface area (Å²) in [5.74, 6) is -6.91. The van der Waals surface area contributed by atoms with E-state index < -0.39 is 64.9 Å². The Labute approximate surface area is 235 Å². The Morgan fingerprint density at radius 1 is 0.659 bits per heavy atom. The molecule has 1 saturated heterocycles. The maximum Gasteiger partial charge on any atom is 0.440 e. The van der Waals surface area contributed by atoms with Gasteiger partial charge in [0.2, 0.25) is 9.84 Å². The second-order valence-electron chi connectivity index (χ2n) is 9.14. The number of halogens is 6. The van der Waals surface area contributed by atoms with Crippen molar-refractivity contribution in [1.29, 1.82) is 0 Å². The maximum absolute atomic E-state index is 15.4. The van der Waals surface area contributed by atoms with Crippen LogP contribution in [0.15, 0.2) is 106 Å². The summed E-state index contributed by atoms with van der Waals surface area (Å²) in [7, 11) is -17.1. The molecule has 0 saturated carbocycles. The van der Waals surface area contributed by atoms with Crippen LogP contribution in [0.2, 0.25) is 0 Å². The Bertz CT molecular complexity index is 1460. The molecule has 0 amide bonds. The molecule has 224 valence electrons. The van der Waals surface area contributed by atoms with Crippen molar-refractivity contribution >= 4 is 30.3 Å². The smallest absolute Gasteiger partial charge is 0.315 e. The van der Waals surface area contributed by atoms with Gasteiger partial charge < -0.3 is 5.32 Å². The third kappa shape index (κ3) is 5.15. The van der Waals surface area contributed by atoms with E-state index >= 15 is 26.3 Å². The van der Waals surface area contributed by atoms with Gasteiger partial charge in [0.05, 0.1) is 5.25 Å². The minimum Gasteiger partial charge on any atom is -0.315 e. The molecule has 3 aromatic rings. The normalized spacial score (nSPS) is 18.1. The van der Waals surface area contributed by atoms with Crippen molar-refractivity contribution in [2.75, 3.05) is 13.1 Å². The molecule has 1 heterocycles. The van der Waals surface area contributed by atoms with Gasteiger partial charge in [0, 0.05) is 21.2 Å². The van der Waals surface area contributed by atoms with Gasteiger partial charge in [-0.3, -0.25) is 0 Å². The third-order valence-corrected chi connectivity index (χ3v) is 14.0. The average molecular weight is 642 g/mol. The van der Waals surface area contributed by atoms with Gasteiger partial charge in [-0.1, -0.05) is 54.6 Å². The van der Waals surface area contributed by atoms with Crippen LogP contribution in [0, 0.1) is 0 Å². The first-order chi connectivity index (χ1) is 19.1. The molecule has 0 radical (unpaired) electrons. The molecule has 1 N–H and O–H groups in total. The Kier molecular flexibility index (Phi) is 8.60. The number of hydrogen-bond donors (Lipinski definition) is 1. The Morgan fingerprint density at radius 2 is 1.07 bits per heavy atom. The topological polar surface area (TPSA) is 89.5 Å². The van der Waals surface area contributed by atoms with Crippen molar-refractivity contribution in [3.8, 4) is 0 Å². The van der Waals surface area contributed by atoms with Gasteiger partial charge in [-0.25, -0.2) is 12.0 Å². The minimum atomic E-state index is -7.00. The molecule has 4 rings (SSSR count). The predicted molar refractivity (Wildman–Crippen MR) is 141 cm³/mol. The van der Waals surface area contributed by atoms with Gasteiger partial charge in [0.15, 0.2) is 0 Å². The molecular weight excluding hydrogens is 616 g/mol. The second kappa shape index (κ2) is 11.2. The number of piperidine rings is 1. The van der Waals surface area contributed by atoms with E-state index in [9.17, 15) is 16.8 Å². The van der Waals surface area contributed by atoms with Crippen molar-refractivity contribution in [1.82, 2.24) is 5.32 Å². The number of hydrogen-bond acceptors (Lipinski definition) is 6. The van der Waals surface area contributed by atoms with E-state index in [0.717, 1.165) is 0 Å². The molecule has 1 aliphatic heterocycles. The average Bonchev–Trinajstić information content (AvgIpc) is 2.97. The van der Waals surface area contributed by atoms with Gasteiger partial charge >= 0.3 is 26.5 Å². The molecule has 0 bridgehead atoms. The minimum absolute atomic E-state index is 0.000454. The number of benzene rings is 3. The Balaban J connectivity index is 1.90. The van der Waals surface area contributed by atoms with Gasteiger partial charge in [-0.15, -0.1) is 0 Å². The first-order valence-electron chi connectivity index (χ1n) is 12.1. The summed E-state index contributed by atoms with van der Waals surface area (Å²) in [6, 6.07) is 21.0. The molecular formula is C26H25F6NO5S3. The van der Waals surface area contributed by atoms with E-state index in [0.29, 0.717) is 0 Å². The predicted octanol–water partition coefficient (Wildman–Crippen LogP) is 6.22. The SMILES string of the molecule is O=S(=O)(OS(c1ccccc1)(c1ccccc1)c1ccccc1)C(F)(F)C(F)(F)C(F)(F)S(=O)(=O)C1CCCNC1. The van der Waals surface area contributed by atoms with E-state index in [1.165, 1.54) is 91.0 Å². The molecule has 1 unspecified atom stereocenters. The lowest BCUT2D eigenvalue weighted by atomic mass is 10.2. The van der Waals surface area contributed by atoms with Crippen molar-refractivity contribution in [2.45, 2.75) is 49.2 Å². The second-order valence-corrected chi connectivity index (χ2v) is 15.9. The number of rotatable bonds is 10. The first-order valence-corrected chi connectivity index (χ1v) is 16.7. The molecule has 0 spiro atoms. The zero-order valence-electron chi connectivity index (χ0n) is 21.1. The van der Waals surface area contributed by atoms with Crippen LogP contribution in [-0.4, -0.2) is 51.6 Å². The highest BCUT2D eigenvalue weighted by Gasteiger charge is 2.83. The van der Waals surface area contributed by atoms with Gasteiger partial charge in [-0.2, -0.15) is 34.8 Å². The van der Waals surface area contributed by atoms with Crippen molar-refractivity contribution < 1.29 is 46.8 Å². The molecule has 1 aliphatic rings. The molecule has 41 heavy (non-hydrogen) atoms. The van der Waals surface area contributed by atoms with E-state index in [1.54, 1.807) is 0 Å². The summed E-state index contributed by atoms with van der Waals surface area (Å²) in [5.41, 5.74) is 0. The molecule has 1 fully saturated rings. The van der Waals surface area contributed by atoms with E-state index in [1.807, 2.05) is 0 Å². The lowest BCUT2D eigenvalue weighted by molar-refractivity contribution is -0.245. The van der Waals surface area contributed by atoms with Crippen LogP contribution < -0.4 is 5.32 Å². The van der Waals surface area contributed by atoms with Crippen LogP contribution in [0.1, 0.15) is 12.8 Å². The van der Waals surface area contributed by atoms with Crippen LogP contribution in [0.5, 0.6) is 0 Å². The summed E-state index contributed by atoms with van der Waals surface area (Å²) in [6.07, 6.45) is -0.500. The van der Waals surface area contributed by atoms with Crippen LogP contribution in [0.4, 0.5) is 26.3 Å². The lowest BCUT2D eigenvalue weighted by Crippen LogP contribution is -2.63. The summed E-state index contributed by atoms with van der Waals surface area (Å²) < 4.78 is 148. The highest BCUT2D eigenvalue weighted by atomic mass is 32.3. The fourth-order valence-corrected chi connectivity index (χ4v) is 11.4. The standard InChI is InChI=1S/C26H25F6NO5S3/c27-24(28,25(29,30)40(34,35)23-17-10-18-33-19-23)26(31,32)41(36,37)38-39(20-11-4-1-5-12-20,21-13-6-2-7-14-21)22-15-8-3-9-16-22/h1-9,11-16,23,33H,10,17-19H2. The third-order valence-electron chi connectivity index (χ3n) is 6.51. The summed E-state index contributed by atoms with van der Waals surface area (Å²) >= 11 is 0. The van der Waals surface area contributed by atoms with Crippen LogP contribution in [0.25, 0.3) is 0 Å². The fraction of sp³-hybridized carbons (Fsp3) is 0.308. The molecule has 0 aromatic heterocycles. The van der Waals surface area contributed by atoms with Crippen molar-refractivity contribution in [3.63, 3.8) is 0 Å². The first kappa shape index (κ1) is 31.3. The lowest BCUT2D eigenvalue weighted by Gasteiger charge is -2.41. The number of nitrogens with one attached hydrogen (secondary N) is 1. The Hall–Kier alpha value is -2.59. The highest BCUT2D eigenvalue weighted by Crippen LogP contribution is 2.71. The van der Waals surface area contributed by atoms with E-state index in [4.69, 9.17) is 3.63 Å². The van der Waals surface area contributed by atoms with Gasteiger partial charge in [-0.05, 0) is 66.1 Å². The maximum atomic E-state index is 15.4. The number of alkyl halides is 6. The zero-order valence-corrected chi connectivity index (χ0v) is 23.5. The van der Waals surface area contributed by atoms with Crippen LogP contribution in [0.3, 0.4) is 0 Å². The Morgan fingerprint density at radius 3 is 1.44 bits per heavy atom. The van der Waals surface area contributed by atoms with Crippen LogP contribution in [-0.2, 0) is 23.6 Å². The van der Waals surface area contributed by atoms with Crippen LogP contribution >= 0.6 is 10.3 Å². The van der Waals surface area contributed by atoms with Gasteiger partial charge in [0.25, 0.3) is 0 Å². The summed E-state index contributed by atoms with van der Waals surface area (Å²) in [5, 5.41) is -12.9. The molecule has 6 nitrogen and oxygen atoms in total. The zero-order chi connectivity index (χ0) is 30.2. The monoisotopic (exact) mass is 641 g/mol. The molecule has 15 heteroatoms. The molecule has 1 atom stereocenters. The highest BCUT2D eigenvalue weighted by molar-refractivity contribution is 8.33. The van der Waals surface area contributed by atoms with Gasteiger partial charge in [0.1, 0.15) is 0 Å². The van der Waals surface area contributed by atoms with E-state index in [2.05, 4.69) is 5.32 Å².